The Kier molecular flexibility index (Phi) is 3.36. The van der Waals surface area contributed by atoms with E-state index in [4.69, 9.17) is 11.6 Å². The molecule has 0 aliphatic heterocycles. The molecule has 0 heterocycles. The molecule has 0 saturated heterocycles. The zero-order valence-electron chi connectivity index (χ0n) is 8.10. The number of aromatic hydroxyl groups is 1. The van der Waals surface area contributed by atoms with Crippen LogP contribution in [-0.4, -0.2) is 16.9 Å². The number of hydrogen-bond acceptors (Lipinski definition) is 2. The Bertz CT molecular complexity index is 363. The van der Waals surface area contributed by atoms with Crippen LogP contribution in [0, 0.1) is 13.8 Å². The zero-order valence-corrected chi connectivity index (χ0v) is 8.85. The first-order valence-electron chi connectivity index (χ1n) is 4.21. The van der Waals surface area contributed by atoms with Crippen molar-refractivity contribution in [1.29, 1.82) is 0 Å². The number of benzene rings is 1. The number of amides is 1. The number of rotatable bonds is 2. The van der Waals surface area contributed by atoms with Crippen LogP contribution in [0.25, 0.3) is 0 Å². The Hall–Kier alpha value is -1.22. The van der Waals surface area contributed by atoms with E-state index in [9.17, 15) is 9.90 Å². The Morgan fingerprint density at radius 3 is 2.71 bits per heavy atom. The molecule has 0 unspecified atom stereocenters. The molecule has 1 amide bonds. The third kappa shape index (κ3) is 2.17. The minimum atomic E-state index is -0.280. The van der Waals surface area contributed by atoms with E-state index in [1.54, 1.807) is 26.0 Å². The van der Waals surface area contributed by atoms with Gasteiger partial charge in [0.05, 0.1) is 0 Å². The van der Waals surface area contributed by atoms with Crippen molar-refractivity contribution >= 4 is 23.2 Å². The number of carbonyl (C=O) groups excluding carboxylic acids is 1. The minimum Gasteiger partial charge on any atom is -0.507 e. The van der Waals surface area contributed by atoms with Crippen molar-refractivity contribution in [3.8, 4) is 5.75 Å². The molecule has 0 bridgehead atoms. The number of phenolic OH excluding ortho intramolecular Hbond substituents is 1. The lowest BCUT2D eigenvalue weighted by atomic mass is 10.1. The molecule has 76 valence electrons. The van der Waals surface area contributed by atoms with Crippen molar-refractivity contribution < 1.29 is 9.90 Å². The van der Waals surface area contributed by atoms with Gasteiger partial charge < -0.3 is 10.4 Å². The first kappa shape index (κ1) is 10.9. The van der Waals surface area contributed by atoms with Crippen LogP contribution < -0.4 is 5.32 Å². The summed E-state index contributed by atoms with van der Waals surface area (Å²) in [7, 11) is 0. The lowest BCUT2D eigenvalue weighted by molar-refractivity contribution is -0.113. The van der Waals surface area contributed by atoms with Gasteiger partial charge in [-0.05, 0) is 25.5 Å². The Labute approximate surface area is 87.7 Å². The quantitative estimate of drug-likeness (QED) is 0.740. The SMILES string of the molecule is Cc1ccc(NC(=O)CCl)c(C)c1O. The maximum Gasteiger partial charge on any atom is 0.239 e. The van der Waals surface area contributed by atoms with Gasteiger partial charge in [0.15, 0.2) is 0 Å². The summed E-state index contributed by atoms with van der Waals surface area (Å²) in [5.74, 6) is -0.163. The smallest absolute Gasteiger partial charge is 0.239 e. The molecule has 0 aromatic heterocycles. The normalized spacial score (nSPS) is 9.93. The van der Waals surface area contributed by atoms with E-state index in [2.05, 4.69) is 5.32 Å². The highest BCUT2D eigenvalue weighted by molar-refractivity contribution is 6.29. The molecule has 0 aliphatic rings. The third-order valence-corrected chi connectivity index (χ3v) is 2.27. The molecule has 4 heteroatoms. The minimum absolute atomic E-state index is 0.0892. The second-order valence-electron chi connectivity index (χ2n) is 3.09. The fourth-order valence-corrected chi connectivity index (χ4v) is 1.22. The fourth-order valence-electron chi connectivity index (χ4n) is 1.15. The Morgan fingerprint density at radius 1 is 1.50 bits per heavy atom. The van der Waals surface area contributed by atoms with Gasteiger partial charge in [0.2, 0.25) is 5.91 Å². The van der Waals surface area contributed by atoms with Gasteiger partial charge >= 0.3 is 0 Å². The summed E-state index contributed by atoms with van der Waals surface area (Å²) in [6.45, 7) is 3.54. The summed E-state index contributed by atoms with van der Waals surface area (Å²) in [6, 6.07) is 3.49. The standard InChI is InChI=1S/C10H12ClNO2/c1-6-3-4-8(7(2)10(6)14)12-9(13)5-11/h3-4,14H,5H2,1-2H3,(H,12,13). The second kappa shape index (κ2) is 4.33. The molecule has 0 radical (unpaired) electrons. The van der Waals surface area contributed by atoms with Crippen LogP contribution in [0.2, 0.25) is 0 Å². The molecule has 0 saturated carbocycles. The van der Waals surface area contributed by atoms with E-state index in [1.165, 1.54) is 0 Å². The number of alkyl halides is 1. The molecule has 3 nitrogen and oxygen atoms in total. The molecule has 2 N–H and O–H groups in total. The predicted octanol–water partition coefficient (Wildman–Crippen LogP) is 2.19. The lowest BCUT2D eigenvalue weighted by Gasteiger charge is -2.10. The number of carbonyl (C=O) groups is 1. The number of nitrogens with one attached hydrogen (secondary N) is 1. The van der Waals surface area contributed by atoms with Crippen LogP contribution in [0.1, 0.15) is 11.1 Å². The first-order chi connectivity index (χ1) is 6.56. The van der Waals surface area contributed by atoms with Gasteiger partial charge in [-0.25, -0.2) is 0 Å². The van der Waals surface area contributed by atoms with E-state index in [0.29, 0.717) is 11.3 Å². The van der Waals surface area contributed by atoms with Crippen LogP contribution in [0.3, 0.4) is 0 Å². The van der Waals surface area contributed by atoms with Gasteiger partial charge in [-0.1, -0.05) is 6.07 Å². The third-order valence-electron chi connectivity index (χ3n) is 2.03. The summed E-state index contributed by atoms with van der Waals surface area (Å²) in [5, 5.41) is 12.2. The Balaban J connectivity index is 3.00. The van der Waals surface area contributed by atoms with Crippen LogP contribution in [-0.2, 0) is 4.79 Å². The van der Waals surface area contributed by atoms with E-state index >= 15 is 0 Å². The molecule has 14 heavy (non-hydrogen) atoms. The zero-order chi connectivity index (χ0) is 10.7. The Morgan fingerprint density at radius 2 is 2.14 bits per heavy atom. The van der Waals surface area contributed by atoms with Crippen LogP contribution in [0.4, 0.5) is 5.69 Å². The van der Waals surface area contributed by atoms with Gasteiger partial charge in [0.1, 0.15) is 11.6 Å². The summed E-state index contributed by atoms with van der Waals surface area (Å²) in [4.78, 5) is 11.0. The molecule has 0 atom stereocenters. The van der Waals surface area contributed by atoms with Crippen LogP contribution in [0.15, 0.2) is 12.1 Å². The number of anilines is 1. The highest BCUT2D eigenvalue weighted by Gasteiger charge is 2.07. The van der Waals surface area contributed by atoms with Crippen LogP contribution in [0.5, 0.6) is 5.75 Å². The molecule has 1 rings (SSSR count). The maximum absolute atomic E-state index is 11.0. The molecule has 0 spiro atoms. The van der Waals surface area contributed by atoms with Gasteiger partial charge in [-0.2, -0.15) is 0 Å². The average Bonchev–Trinajstić information content (AvgIpc) is 2.19. The van der Waals surface area contributed by atoms with Crippen LogP contribution >= 0.6 is 11.6 Å². The molecular weight excluding hydrogens is 202 g/mol. The highest BCUT2D eigenvalue weighted by Crippen LogP contribution is 2.27. The van der Waals surface area contributed by atoms with E-state index < -0.39 is 0 Å². The monoisotopic (exact) mass is 213 g/mol. The number of halogens is 1. The summed E-state index contributed by atoms with van der Waals surface area (Å²) >= 11 is 5.35. The van der Waals surface area contributed by atoms with Gasteiger partial charge in [0.25, 0.3) is 0 Å². The number of phenols is 1. The van der Waals surface area contributed by atoms with Crippen molar-refractivity contribution in [3.05, 3.63) is 23.3 Å². The summed E-state index contributed by atoms with van der Waals surface area (Å²) in [5.41, 5.74) is 2.04. The van der Waals surface area contributed by atoms with Gasteiger partial charge in [-0.15, -0.1) is 11.6 Å². The number of hydrogen-bond donors (Lipinski definition) is 2. The molecule has 1 aromatic carbocycles. The summed E-state index contributed by atoms with van der Waals surface area (Å²) < 4.78 is 0. The largest absolute Gasteiger partial charge is 0.507 e. The topological polar surface area (TPSA) is 49.3 Å². The second-order valence-corrected chi connectivity index (χ2v) is 3.35. The van der Waals surface area contributed by atoms with Crippen molar-refractivity contribution in [2.75, 3.05) is 11.2 Å². The lowest BCUT2D eigenvalue weighted by Crippen LogP contribution is -2.13. The van der Waals surface area contributed by atoms with Crippen molar-refractivity contribution in [2.45, 2.75) is 13.8 Å². The molecular formula is C10H12ClNO2. The maximum atomic E-state index is 11.0. The van der Waals surface area contributed by atoms with Gasteiger partial charge in [0, 0.05) is 11.3 Å². The number of aryl methyl sites for hydroxylation is 1. The summed E-state index contributed by atoms with van der Waals surface area (Å²) in [6.07, 6.45) is 0. The fraction of sp³-hybridized carbons (Fsp3) is 0.300. The van der Waals surface area contributed by atoms with Crippen molar-refractivity contribution in [1.82, 2.24) is 0 Å². The van der Waals surface area contributed by atoms with E-state index in [0.717, 1.165) is 5.56 Å². The van der Waals surface area contributed by atoms with Gasteiger partial charge in [-0.3, -0.25) is 4.79 Å². The average molecular weight is 214 g/mol. The first-order valence-corrected chi connectivity index (χ1v) is 4.74. The highest BCUT2D eigenvalue weighted by atomic mass is 35.5. The van der Waals surface area contributed by atoms with E-state index in [1.807, 2.05) is 0 Å². The molecule has 0 fully saturated rings. The molecule has 0 aliphatic carbocycles. The van der Waals surface area contributed by atoms with Crippen molar-refractivity contribution in [3.63, 3.8) is 0 Å². The molecule has 1 aromatic rings. The van der Waals surface area contributed by atoms with Crippen molar-refractivity contribution in [2.24, 2.45) is 0 Å². The predicted molar refractivity (Wildman–Crippen MR) is 56.9 cm³/mol. The van der Waals surface area contributed by atoms with E-state index in [-0.39, 0.29) is 17.5 Å².